The van der Waals surface area contributed by atoms with Gasteiger partial charge in [-0.3, -0.25) is 14.7 Å². The smallest absolute Gasteiger partial charge is 0.253 e. The molecular weight excluding hydrogens is 434 g/mol. The molecule has 1 aromatic heterocycles. The van der Waals surface area contributed by atoms with Crippen molar-refractivity contribution in [1.82, 2.24) is 14.8 Å². The minimum atomic E-state index is -0.499. The van der Waals surface area contributed by atoms with E-state index in [9.17, 15) is 4.79 Å². The summed E-state index contributed by atoms with van der Waals surface area (Å²) in [6, 6.07) is 7.90. The topological polar surface area (TPSA) is 73.4 Å². The zero-order valence-electron chi connectivity index (χ0n) is 20.4. The number of morpholine rings is 1. The number of aromatic nitrogens is 1. The molecule has 0 bridgehead atoms. The number of carbonyl (C=O) groups excluding carboxylic acids is 1. The number of methoxy groups -OCH3 is 1. The lowest BCUT2D eigenvalue weighted by Crippen LogP contribution is -2.51. The first kappa shape index (κ1) is 24.3. The molecule has 0 N–H and O–H groups in total. The van der Waals surface area contributed by atoms with Crippen molar-refractivity contribution in [2.45, 2.75) is 39.5 Å². The molecule has 2 aliphatic heterocycles. The molecule has 34 heavy (non-hydrogen) atoms. The van der Waals surface area contributed by atoms with Gasteiger partial charge < -0.3 is 23.8 Å². The van der Waals surface area contributed by atoms with Gasteiger partial charge in [-0.2, -0.15) is 0 Å². The van der Waals surface area contributed by atoms with Gasteiger partial charge in [-0.15, -0.1) is 0 Å². The maximum atomic E-state index is 13.6. The predicted molar refractivity (Wildman–Crippen MR) is 128 cm³/mol. The van der Waals surface area contributed by atoms with Crippen LogP contribution in [0.3, 0.4) is 0 Å². The quantitative estimate of drug-likeness (QED) is 0.588. The second-order valence-electron chi connectivity index (χ2n) is 9.23. The summed E-state index contributed by atoms with van der Waals surface area (Å²) < 4.78 is 23.0. The van der Waals surface area contributed by atoms with Crippen molar-refractivity contribution in [2.24, 2.45) is 5.92 Å². The van der Waals surface area contributed by atoms with E-state index in [0.717, 1.165) is 41.3 Å². The molecule has 1 fully saturated rings. The van der Waals surface area contributed by atoms with E-state index in [1.807, 2.05) is 29.2 Å². The minimum absolute atomic E-state index is 0.0206. The highest BCUT2D eigenvalue weighted by Crippen LogP contribution is 2.31. The first-order valence-electron chi connectivity index (χ1n) is 12.0. The summed E-state index contributed by atoms with van der Waals surface area (Å²) in [5.74, 6) is 2.63. The Morgan fingerprint density at radius 1 is 1.21 bits per heavy atom. The molecule has 1 saturated heterocycles. The van der Waals surface area contributed by atoms with Gasteiger partial charge in [0.2, 0.25) is 0 Å². The summed E-state index contributed by atoms with van der Waals surface area (Å²) in [6.07, 6.45) is 3.85. The number of amides is 1. The molecule has 8 nitrogen and oxygen atoms in total. The van der Waals surface area contributed by atoms with Crippen LogP contribution in [0.5, 0.6) is 17.2 Å². The molecule has 8 heteroatoms. The summed E-state index contributed by atoms with van der Waals surface area (Å²) in [5.41, 5.74) is 2.07. The minimum Gasteiger partial charge on any atom is -0.495 e. The maximum Gasteiger partial charge on any atom is 0.253 e. The predicted octanol–water partition coefficient (Wildman–Crippen LogP) is 3.14. The van der Waals surface area contributed by atoms with Crippen molar-refractivity contribution < 1.29 is 23.7 Å². The molecule has 3 heterocycles. The molecule has 0 radical (unpaired) electrons. The van der Waals surface area contributed by atoms with Gasteiger partial charge in [0.25, 0.3) is 5.91 Å². The molecule has 0 spiro atoms. The first-order valence-corrected chi connectivity index (χ1v) is 12.0. The molecule has 1 atom stereocenters. The molecule has 2 aliphatic rings. The van der Waals surface area contributed by atoms with Crippen LogP contribution in [0.4, 0.5) is 0 Å². The second-order valence-corrected chi connectivity index (χ2v) is 9.23. The highest BCUT2D eigenvalue weighted by atomic mass is 16.5. The Morgan fingerprint density at radius 3 is 2.82 bits per heavy atom. The Hall–Kier alpha value is -2.84. The van der Waals surface area contributed by atoms with Crippen LogP contribution in [0.1, 0.15) is 31.4 Å². The summed E-state index contributed by atoms with van der Waals surface area (Å²) in [7, 11) is 1.65. The molecule has 4 rings (SSSR count). The van der Waals surface area contributed by atoms with E-state index in [4.69, 9.17) is 18.9 Å². The van der Waals surface area contributed by atoms with Crippen molar-refractivity contribution in [1.29, 1.82) is 0 Å². The van der Waals surface area contributed by atoms with Gasteiger partial charge in [0, 0.05) is 50.9 Å². The van der Waals surface area contributed by atoms with Crippen molar-refractivity contribution in [3.8, 4) is 17.2 Å². The van der Waals surface area contributed by atoms with E-state index >= 15 is 0 Å². The number of pyridine rings is 1. The average molecular weight is 470 g/mol. The SMILES string of the molecule is COc1cnccc1CN1CCOC(C(=O)N(Cc2ccc3c(c2)OCCCO3)CC(C)C)C1. The Bertz CT molecular complexity index is 967. The van der Waals surface area contributed by atoms with E-state index in [-0.39, 0.29) is 5.91 Å². The lowest BCUT2D eigenvalue weighted by atomic mass is 10.1. The molecule has 0 aliphatic carbocycles. The van der Waals surface area contributed by atoms with Crippen LogP contribution in [0.2, 0.25) is 0 Å². The highest BCUT2D eigenvalue weighted by Gasteiger charge is 2.31. The number of ether oxygens (including phenoxy) is 4. The average Bonchev–Trinajstić information content (AvgIpc) is 3.08. The van der Waals surface area contributed by atoms with Crippen molar-refractivity contribution in [3.05, 3.63) is 47.8 Å². The molecule has 184 valence electrons. The maximum absolute atomic E-state index is 13.6. The molecule has 1 aromatic carbocycles. The monoisotopic (exact) mass is 469 g/mol. The van der Waals surface area contributed by atoms with E-state index in [2.05, 4.69) is 23.7 Å². The van der Waals surface area contributed by atoms with E-state index in [1.165, 1.54) is 0 Å². The summed E-state index contributed by atoms with van der Waals surface area (Å²) in [4.78, 5) is 21.9. The summed E-state index contributed by atoms with van der Waals surface area (Å²) in [6.45, 7) is 9.22. The third-order valence-electron chi connectivity index (χ3n) is 5.99. The van der Waals surface area contributed by atoms with Gasteiger partial charge in [0.1, 0.15) is 11.9 Å². The first-order chi connectivity index (χ1) is 16.5. The van der Waals surface area contributed by atoms with Gasteiger partial charge in [-0.1, -0.05) is 19.9 Å². The number of nitrogens with zero attached hydrogens (tertiary/aromatic N) is 3. The van der Waals surface area contributed by atoms with Gasteiger partial charge in [-0.25, -0.2) is 0 Å². The molecule has 2 aromatic rings. The Labute approximate surface area is 201 Å². The van der Waals surface area contributed by atoms with Gasteiger partial charge in [0.15, 0.2) is 11.5 Å². The Kier molecular flexibility index (Phi) is 8.24. The highest BCUT2D eigenvalue weighted by molar-refractivity contribution is 5.81. The fraction of sp³-hybridized carbons (Fsp3) is 0.538. The number of benzene rings is 1. The second kappa shape index (κ2) is 11.5. The Morgan fingerprint density at radius 2 is 2.03 bits per heavy atom. The largest absolute Gasteiger partial charge is 0.495 e. The summed E-state index contributed by atoms with van der Waals surface area (Å²) >= 11 is 0. The van der Waals surface area contributed by atoms with Crippen molar-refractivity contribution in [2.75, 3.05) is 46.6 Å². The van der Waals surface area contributed by atoms with Crippen LogP contribution < -0.4 is 14.2 Å². The zero-order valence-corrected chi connectivity index (χ0v) is 20.4. The number of hydrogen-bond acceptors (Lipinski definition) is 7. The Balaban J connectivity index is 1.45. The number of carbonyl (C=O) groups is 1. The van der Waals surface area contributed by atoms with E-state index in [1.54, 1.807) is 19.5 Å². The van der Waals surface area contributed by atoms with Gasteiger partial charge in [0.05, 0.1) is 33.1 Å². The molecule has 0 saturated carbocycles. The van der Waals surface area contributed by atoms with Crippen LogP contribution >= 0.6 is 0 Å². The molecular formula is C26H35N3O5. The fourth-order valence-electron chi connectivity index (χ4n) is 4.36. The number of rotatable bonds is 8. The molecule has 1 amide bonds. The van der Waals surface area contributed by atoms with Crippen LogP contribution in [0.25, 0.3) is 0 Å². The van der Waals surface area contributed by atoms with Crippen LogP contribution in [-0.2, 0) is 22.6 Å². The van der Waals surface area contributed by atoms with Crippen LogP contribution in [0.15, 0.2) is 36.7 Å². The fourth-order valence-corrected chi connectivity index (χ4v) is 4.36. The third kappa shape index (κ3) is 6.18. The van der Waals surface area contributed by atoms with Crippen LogP contribution in [-0.4, -0.2) is 73.4 Å². The van der Waals surface area contributed by atoms with Crippen LogP contribution in [0, 0.1) is 5.92 Å². The van der Waals surface area contributed by atoms with Crippen molar-refractivity contribution in [3.63, 3.8) is 0 Å². The third-order valence-corrected chi connectivity index (χ3v) is 5.99. The summed E-state index contributed by atoms with van der Waals surface area (Å²) in [5, 5.41) is 0. The number of fused-ring (bicyclic) bond motifs is 1. The molecule has 1 unspecified atom stereocenters. The zero-order chi connectivity index (χ0) is 23.9. The van der Waals surface area contributed by atoms with Gasteiger partial charge in [-0.05, 0) is 29.7 Å². The lowest BCUT2D eigenvalue weighted by molar-refractivity contribution is -0.151. The standard InChI is InChI=1S/C26H35N3O5/c1-19(2)15-29(16-20-5-6-22-23(13-20)33-11-4-10-32-22)26(30)25-18-28(9-12-34-25)17-21-7-8-27-14-24(21)31-3/h5-8,13-14,19,25H,4,9-12,15-18H2,1-3H3. The van der Waals surface area contributed by atoms with E-state index in [0.29, 0.717) is 51.9 Å². The van der Waals surface area contributed by atoms with Crippen molar-refractivity contribution >= 4 is 5.91 Å². The normalized spacial score (nSPS) is 18.4. The van der Waals surface area contributed by atoms with E-state index < -0.39 is 6.10 Å². The lowest BCUT2D eigenvalue weighted by Gasteiger charge is -2.35. The number of hydrogen-bond donors (Lipinski definition) is 0. The van der Waals surface area contributed by atoms with Gasteiger partial charge >= 0.3 is 0 Å².